The number of hydrogen-bond donors (Lipinski definition) is 2. The average molecular weight is 311 g/mol. The molecule has 0 unspecified atom stereocenters. The summed E-state index contributed by atoms with van der Waals surface area (Å²) in [7, 11) is 1.68. The first-order chi connectivity index (χ1) is 11.1. The lowest BCUT2D eigenvalue weighted by atomic mass is 10.2. The summed E-state index contributed by atoms with van der Waals surface area (Å²) in [5.41, 5.74) is 2.19. The normalized spacial score (nSPS) is 13.1. The summed E-state index contributed by atoms with van der Waals surface area (Å²) in [6, 6.07) is 14.6. The molecule has 2 aromatic rings. The van der Waals surface area contributed by atoms with Crippen LogP contribution in [0, 0.1) is 0 Å². The van der Waals surface area contributed by atoms with Gasteiger partial charge in [0.15, 0.2) is 12.4 Å². The van der Waals surface area contributed by atoms with Crippen LogP contribution in [0.15, 0.2) is 48.5 Å². The Morgan fingerprint density at radius 3 is 2.74 bits per heavy atom. The van der Waals surface area contributed by atoms with Crippen LogP contribution in [0.5, 0.6) is 5.75 Å². The third-order valence-corrected chi connectivity index (χ3v) is 3.61. The largest absolute Gasteiger partial charge is 0.479 e. The van der Waals surface area contributed by atoms with Crippen molar-refractivity contribution in [3.8, 4) is 5.75 Å². The highest BCUT2D eigenvalue weighted by Gasteiger charge is 2.24. The molecular formula is C17H17N3O3. The lowest BCUT2D eigenvalue weighted by molar-refractivity contribution is -0.120. The second-order valence-corrected chi connectivity index (χ2v) is 5.19. The van der Waals surface area contributed by atoms with Gasteiger partial charge in [-0.1, -0.05) is 36.4 Å². The molecule has 0 atom stereocenters. The summed E-state index contributed by atoms with van der Waals surface area (Å²) in [5, 5.41) is 5.55. The highest BCUT2D eigenvalue weighted by molar-refractivity contribution is 6.00. The van der Waals surface area contributed by atoms with Gasteiger partial charge < -0.3 is 20.3 Å². The van der Waals surface area contributed by atoms with Crippen LogP contribution in [0.25, 0.3) is 0 Å². The van der Waals surface area contributed by atoms with Crippen molar-refractivity contribution in [3.05, 3.63) is 54.1 Å². The van der Waals surface area contributed by atoms with E-state index in [0.717, 1.165) is 5.56 Å². The monoisotopic (exact) mass is 311 g/mol. The molecule has 0 bridgehead atoms. The molecule has 2 N–H and O–H groups in total. The van der Waals surface area contributed by atoms with Gasteiger partial charge in [0.05, 0.1) is 11.4 Å². The SMILES string of the molecule is CN1C(=O)COc2c(NC(=O)NCc3ccccc3)cccc21. The van der Waals surface area contributed by atoms with Gasteiger partial charge >= 0.3 is 6.03 Å². The Kier molecular flexibility index (Phi) is 4.14. The van der Waals surface area contributed by atoms with Crippen molar-refractivity contribution in [3.63, 3.8) is 0 Å². The smallest absolute Gasteiger partial charge is 0.319 e. The van der Waals surface area contributed by atoms with Crippen LogP contribution in [-0.4, -0.2) is 25.6 Å². The van der Waals surface area contributed by atoms with Gasteiger partial charge in [-0.3, -0.25) is 4.79 Å². The number of ether oxygens (including phenoxy) is 1. The van der Waals surface area contributed by atoms with Gasteiger partial charge in [0.25, 0.3) is 5.91 Å². The number of hydrogen-bond acceptors (Lipinski definition) is 3. The van der Waals surface area contributed by atoms with E-state index in [1.165, 1.54) is 4.90 Å². The van der Waals surface area contributed by atoms with Crippen LogP contribution in [0.4, 0.5) is 16.2 Å². The van der Waals surface area contributed by atoms with Crippen molar-refractivity contribution < 1.29 is 14.3 Å². The average Bonchev–Trinajstić information content (AvgIpc) is 2.58. The number of rotatable bonds is 3. The molecular weight excluding hydrogens is 294 g/mol. The number of nitrogens with one attached hydrogen (secondary N) is 2. The predicted molar refractivity (Wildman–Crippen MR) is 87.6 cm³/mol. The van der Waals surface area contributed by atoms with Gasteiger partial charge in [-0.2, -0.15) is 0 Å². The van der Waals surface area contributed by atoms with Gasteiger partial charge in [0, 0.05) is 13.6 Å². The first-order valence-corrected chi connectivity index (χ1v) is 7.26. The summed E-state index contributed by atoms with van der Waals surface area (Å²) in [6.07, 6.45) is 0. The lowest BCUT2D eigenvalue weighted by Crippen LogP contribution is -2.36. The zero-order chi connectivity index (χ0) is 16.2. The molecule has 1 aliphatic heterocycles. The number of carbonyl (C=O) groups excluding carboxylic acids is 2. The first kappa shape index (κ1) is 14.9. The van der Waals surface area contributed by atoms with Crippen molar-refractivity contribution in [2.75, 3.05) is 23.9 Å². The number of urea groups is 1. The van der Waals surface area contributed by atoms with Gasteiger partial charge in [-0.05, 0) is 17.7 Å². The molecule has 0 radical (unpaired) electrons. The molecule has 3 amide bonds. The molecule has 1 heterocycles. The molecule has 1 aliphatic rings. The molecule has 3 rings (SSSR count). The molecule has 23 heavy (non-hydrogen) atoms. The van der Waals surface area contributed by atoms with Crippen LogP contribution in [0.2, 0.25) is 0 Å². The Balaban J connectivity index is 1.69. The molecule has 0 fully saturated rings. The molecule has 6 nitrogen and oxygen atoms in total. The fraction of sp³-hybridized carbons (Fsp3) is 0.176. The number of likely N-dealkylation sites (N-methyl/N-ethyl adjacent to an activating group) is 1. The number of benzene rings is 2. The van der Waals surface area contributed by atoms with Crippen molar-refractivity contribution in [2.45, 2.75) is 6.54 Å². The minimum Gasteiger partial charge on any atom is -0.479 e. The first-order valence-electron chi connectivity index (χ1n) is 7.26. The molecule has 0 saturated heterocycles. The molecule has 0 saturated carbocycles. The number of anilines is 2. The summed E-state index contributed by atoms with van der Waals surface area (Å²) in [6.45, 7) is 0.398. The Morgan fingerprint density at radius 1 is 1.17 bits per heavy atom. The van der Waals surface area contributed by atoms with E-state index in [2.05, 4.69) is 10.6 Å². The van der Waals surface area contributed by atoms with E-state index in [9.17, 15) is 9.59 Å². The van der Waals surface area contributed by atoms with E-state index in [0.29, 0.717) is 23.7 Å². The highest BCUT2D eigenvalue weighted by Crippen LogP contribution is 2.37. The minimum atomic E-state index is -0.328. The van der Waals surface area contributed by atoms with Gasteiger partial charge in [0.2, 0.25) is 0 Å². The second kappa shape index (κ2) is 6.39. The third-order valence-electron chi connectivity index (χ3n) is 3.61. The van der Waals surface area contributed by atoms with E-state index in [1.54, 1.807) is 25.2 Å². The van der Waals surface area contributed by atoms with E-state index >= 15 is 0 Å². The maximum atomic E-state index is 12.1. The highest BCUT2D eigenvalue weighted by atomic mass is 16.5. The van der Waals surface area contributed by atoms with Crippen LogP contribution < -0.4 is 20.3 Å². The maximum Gasteiger partial charge on any atom is 0.319 e. The van der Waals surface area contributed by atoms with Crippen molar-refractivity contribution in [1.82, 2.24) is 5.32 Å². The molecule has 0 aliphatic carbocycles. The number of carbonyl (C=O) groups is 2. The number of para-hydroxylation sites is 1. The van der Waals surface area contributed by atoms with Gasteiger partial charge in [-0.25, -0.2) is 4.79 Å². The summed E-state index contributed by atoms with van der Waals surface area (Å²) in [5.74, 6) is 0.382. The minimum absolute atomic E-state index is 0.0339. The predicted octanol–water partition coefficient (Wildman–Crippen LogP) is 2.36. The molecule has 6 heteroatoms. The second-order valence-electron chi connectivity index (χ2n) is 5.19. The molecule has 0 aromatic heterocycles. The van der Waals surface area contributed by atoms with Gasteiger partial charge in [-0.15, -0.1) is 0 Å². The van der Waals surface area contributed by atoms with Crippen LogP contribution >= 0.6 is 0 Å². The molecule has 118 valence electrons. The van der Waals surface area contributed by atoms with Crippen LogP contribution in [-0.2, 0) is 11.3 Å². The van der Waals surface area contributed by atoms with E-state index < -0.39 is 0 Å². The molecule has 2 aromatic carbocycles. The summed E-state index contributed by atoms with van der Waals surface area (Å²) < 4.78 is 5.47. The fourth-order valence-corrected chi connectivity index (χ4v) is 2.35. The van der Waals surface area contributed by atoms with Crippen molar-refractivity contribution in [1.29, 1.82) is 0 Å². The van der Waals surface area contributed by atoms with E-state index in [1.807, 2.05) is 30.3 Å². The molecule has 0 spiro atoms. The topological polar surface area (TPSA) is 70.7 Å². The van der Waals surface area contributed by atoms with Crippen LogP contribution in [0.1, 0.15) is 5.56 Å². The quantitative estimate of drug-likeness (QED) is 0.914. The Bertz CT molecular complexity index is 731. The van der Waals surface area contributed by atoms with Gasteiger partial charge in [0.1, 0.15) is 0 Å². The zero-order valence-corrected chi connectivity index (χ0v) is 12.7. The number of fused-ring (bicyclic) bond motifs is 1. The van der Waals surface area contributed by atoms with Crippen molar-refractivity contribution in [2.24, 2.45) is 0 Å². The van der Waals surface area contributed by atoms with Crippen molar-refractivity contribution >= 4 is 23.3 Å². The lowest BCUT2D eigenvalue weighted by Gasteiger charge is -2.27. The van der Waals surface area contributed by atoms with Crippen LogP contribution in [0.3, 0.4) is 0 Å². The third kappa shape index (κ3) is 3.26. The van der Waals surface area contributed by atoms with E-state index in [4.69, 9.17) is 4.74 Å². The van der Waals surface area contributed by atoms with E-state index in [-0.39, 0.29) is 18.5 Å². The Hall–Kier alpha value is -3.02. The maximum absolute atomic E-state index is 12.1. The zero-order valence-electron chi connectivity index (χ0n) is 12.7. The Morgan fingerprint density at radius 2 is 1.96 bits per heavy atom. The standard InChI is InChI=1S/C17H17N3O3/c1-20-14-9-5-8-13(16(14)23-11-15(20)21)19-17(22)18-10-12-6-3-2-4-7-12/h2-9H,10-11H2,1H3,(H2,18,19,22). The summed E-state index contributed by atoms with van der Waals surface area (Å²) >= 11 is 0. The number of amides is 3. The Labute approximate surface area is 134 Å². The summed E-state index contributed by atoms with van der Waals surface area (Å²) in [4.78, 5) is 25.2. The number of nitrogens with zero attached hydrogens (tertiary/aromatic N) is 1. The fourth-order valence-electron chi connectivity index (χ4n) is 2.35.